The summed E-state index contributed by atoms with van der Waals surface area (Å²) in [6, 6.07) is 20.4. The molecule has 3 aromatic carbocycles. The lowest BCUT2D eigenvalue weighted by atomic mass is 9.87. The van der Waals surface area contributed by atoms with E-state index in [4.69, 9.17) is 4.74 Å². The Morgan fingerprint density at radius 3 is 2.14 bits per heavy atom. The Hall–Kier alpha value is -2.83. The lowest BCUT2D eigenvalue weighted by Crippen LogP contribution is -2.25. The molecule has 146 valence electrons. The number of hydrogen-bond donors (Lipinski definition) is 2. The van der Waals surface area contributed by atoms with Crippen molar-refractivity contribution in [2.45, 2.75) is 24.3 Å². The number of aliphatic hydroxyl groups is 1. The summed E-state index contributed by atoms with van der Waals surface area (Å²) in [6.45, 7) is 3.53. The van der Waals surface area contributed by atoms with E-state index in [1.807, 2.05) is 6.92 Å². The van der Waals surface area contributed by atoms with Gasteiger partial charge in [0.2, 0.25) is 0 Å². The van der Waals surface area contributed by atoms with E-state index < -0.39 is 15.6 Å². The van der Waals surface area contributed by atoms with E-state index in [2.05, 4.69) is 4.72 Å². The number of ether oxygens (including phenoxy) is 1. The molecule has 3 aromatic rings. The van der Waals surface area contributed by atoms with Crippen molar-refractivity contribution in [3.05, 3.63) is 89.5 Å². The maximum atomic E-state index is 12.8. The molecular weight excluding hydrogens is 374 g/mol. The zero-order valence-corrected chi connectivity index (χ0v) is 16.8. The van der Waals surface area contributed by atoms with E-state index in [1.165, 1.54) is 0 Å². The van der Waals surface area contributed by atoms with Crippen LogP contribution in [0.25, 0.3) is 0 Å². The highest BCUT2D eigenvalue weighted by Crippen LogP contribution is 2.35. The highest BCUT2D eigenvalue weighted by atomic mass is 32.2. The predicted octanol–water partition coefficient (Wildman–Crippen LogP) is 4.06. The third kappa shape index (κ3) is 4.03. The van der Waals surface area contributed by atoms with E-state index in [9.17, 15) is 13.5 Å². The second-order valence-electron chi connectivity index (χ2n) is 6.76. The number of anilines is 1. The van der Waals surface area contributed by atoms with Crippen molar-refractivity contribution in [1.82, 2.24) is 0 Å². The van der Waals surface area contributed by atoms with Crippen molar-refractivity contribution >= 4 is 15.7 Å². The Balaban J connectivity index is 1.99. The van der Waals surface area contributed by atoms with E-state index in [1.54, 1.807) is 86.8 Å². The summed E-state index contributed by atoms with van der Waals surface area (Å²) in [6.07, 6.45) is 0. The maximum absolute atomic E-state index is 12.8. The van der Waals surface area contributed by atoms with Crippen LogP contribution in [-0.2, 0) is 15.6 Å². The fraction of sp³-hybridized carbons (Fsp3) is 0.182. The van der Waals surface area contributed by atoms with Crippen LogP contribution in [0.3, 0.4) is 0 Å². The monoisotopic (exact) mass is 397 g/mol. The van der Waals surface area contributed by atoms with Crippen LogP contribution in [0, 0.1) is 6.92 Å². The van der Waals surface area contributed by atoms with E-state index >= 15 is 0 Å². The van der Waals surface area contributed by atoms with Gasteiger partial charge >= 0.3 is 0 Å². The van der Waals surface area contributed by atoms with E-state index in [0.717, 1.165) is 5.56 Å². The molecule has 0 aliphatic carbocycles. The first-order chi connectivity index (χ1) is 13.2. The van der Waals surface area contributed by atoms with Crippen LogP contribution in [-0.4, -0.2) is 20.6 Å². The molecule has 0 heterocycles. The van der Waals surface area contributed by atoms with Crippen LogP contribution in [0.2, 0.25) is 0 Å². The van der Waals surface area contributed by atoms with Gasteiger partial charge in [0.05, 0.1) is 17.7 Å². The summed E-state index contributed by atoms with van der Waals surface area (Å²) in [5.41, 5.74) is 0.968. The first kappa shape index (κ1) is 19.9. The van der Waals surface area contributed by atoms with Gasteiger partial charge in [-0.3, -0.25) is 4.72 Å². The van der Waals surface area contributed by atoms with Crippen molar-refractivity contribution in [2.75, 3.05) is 11.8 Å². The van der Waals surface area contributed by atoms with Gasteiger partial charge in [-0.25, -0.2) is 8.42 Å². The largest absolute Gasteiger partial charge is 0.497 e. The van der Waals surface area contributed by atoms with Gasteiger partial charge in [0.1, 0.15) is 11.4 Å². The minimum Gasteiger partial charge on any atom is -0.497 e. The van der Waals surface area contributed by atoms with Crippen molar-refractivity contribution in [2.24, 2.45) is 0 Å². The molecule has 0 bridgehead atoms. The van der Waals surface area contributed by atoms with Crippen LogP contribution < -0.4 is 9.46 Å². The van der Waals surface area contributed by atoms with E-state index in [-0.39, 0.29) is 4.90 Å². The Morgan fingerprint density at radius 1 is 0.929 bits per heavy atom. The van der Waals surface area contributed by atoms with Crippen LogP contribution in [0.1, 0.15) is 23.6 Å². The van der Waals surface area contributed by atoms with Gasteiger partial charge in [0, 0.05) is 5.56 Å². The number of aryl methyl sites for hydroxylation is 1. The topological polar surface area (TPSA) is 75.6 Å². The Kier molecular flexibility index (Phi) is 5.45. The van der Waals surface area contributed by atoms with E-state index in [0.29, 0.717) is 22.6 Å². The standard InChI is InChI=1S/C22H23NO4S/c1-16-8-14-19(15-9-16)28(25,26)23-21-7-5-4-6-20(21)22(2,24)17-10-12-18(27-3)13-11-17/h4-15,23-24H,1-3H3. The minimum atomic E-state index is -3.79. The first-order valence-electron chi connectivity index (χ1n) is 8.80. The molecule has 1 unspecified atom stereocenters. The third-order valence-electron chi connectivity index (χ3n) is 4.68. The van der Waals surface area contributed by atoms with Gasteiger partial charge in [-0.1, -0.05) is 48.0 Å². The number of methoxy groups -OCH3 is 1. The molecule has 0 aliphatic heterocycles. The summed E-state index contributed by atoms with van der Waals surface area (Å²) in [5.74, 6) is 0.674. The molecule has 6 heteroatoms. The smallest absolute Gasteiger partial charge is 0.261 e. The lowest BCUT2D eigenvalue weighted by molar-refractivity contribution is 0.103. The average molecular weight is 397 g/mol. The number of rotatable bonds is 6. The summed E-state index contributed by atoms with van der Waals surface area (Å²) < 4.78 is 33.4. The number of sulfonamides is 1. The molecular formula is C22H23NO4S. The lowest BCUT2D eigenvalue weighted by Gasteiger charge is -2.27. The number of hydrogen-bond acceptors (Lipinski definition) is 4. The van der Waals surface area contributed by atoms with Gasteiger partial charge in [-0.15, -0.1) is 0 Å². The molecule has 28 heavy (non-hydrogen) atoms. The normalized spacial score (nSPS) is 13.6. The van der Waals surface area contributed by atoms with Crippen LogP contribution >= 0.6 is 0 Å². The molecule has 1 atom stereocenters. The summed E-state index contributed by atoms with van der Waals surface area (Å²) >= 11 is 0. The van der Waals surface area contributed by atoms with Crippen molar-refractivity contribution < 1.29 is 18.3 Å². The molecule has 0 aliphatic rings. The third-order valence-corrected chi connectivity index (χ3v) is 6.06. The molecule has 0 spiro atoms. The van der Waals surface area contributed by atoms with Gasteiger partial charge in [-0.2, -0.15) is 0 Å². The predicted molar refractivity (Wildman–Crippen MR) is 110 cm³/mol. The molecule has 0 aromatic heterocycles. The molecule has 0 radical (unpaired) electrons. The number of benzene rings is 3. The van der Waals surface area contributed by atoms with Crippen molar-refractivity contribution in [3.63, 3.8) is 0 Å². The SMILES string of the molecule is COc1ccc(C(C)(O)c2ccccc2NS(=O)(=O)c2ccc(C)cc2)cc1. The fourth-order valence-electron chi connectivity index (χ4n) is 2.99. The summed E-state index contributed by atoms with van der Waals surface area (Å²) in [5, 5.41) is 11.2. The van der Waals surface area contributed by atoms with Crippen molar-refractivity contribution in [3.8, 4) is 5.75 Å². The van der Waals surface area contributed by atoms with Crippen molar-refractivity contribution in [1.29, 1.82) is 0 Å². The Morgan fingerprint density at radius 2 is 1.54 bits per heavy atom. The van der Waals surface area contributed by atoms with Gasteiger partial charge in [-0.05, 0) is 49.7 Å². The average Bonchev–Trinajstić information content (AvgIpc) is 2.68. The number of para-hydroxylation sites is 1. The number of nitrogens with one attached hydrogen (secondary N) is 1. The van der Waals surface area contributed by atoms with Gasteiger partial charge in [0.25, 0.3) is 10.0 Å². The highest BCUT2D eigenvalue weighted by molar-refractivity contribution is 7.92. The second kappa shape index (κ2) is 7.66. The molecule has 0 saturated carbocycles. The molecule has 0 saturated heterocycles. The minimum absolute atomic E-state index is 0.164. The maximum Gasteiger partial charge on any atom is 0.261 e. The van der Waals surface area contributed by atoms with Gasteiger partial charge < -0.3 is 9.84 Å². The Labute approximate surface area is 165 Å². The quantitative estimate of drug-likeness (QED) is 0.658. The summed E-state index contributed by atoms with van der Waals surface area (Å²) in [4.78, 5) is 0.164. The van der Waals surface area contributed by atoms with Crippen LogP contribution in [0.5, 0.6) is 5.75 Å². The van der Waals surface area contributed by atoms with Crippen LogP contribution in [0.15, 0.2) is 77.7 Å². The first-order valence-corrected chi connectivity index (χ1v) is 10.3. The molecule has 3 rings (SSSR count). The Bertz CT molecular complexity index is 1060. The van der Waals surface area contributed by atoms with Gasteiger partial charge in [0.15, 0.2) is 0 Å². The second-order valence-corrected chi connectivity index (χ2v) is 8.45. The fourth-order valence-corrected chi connectivity index (χ4v) is 4.07. The zero-order valence-electron chi connectivity index (χ0n) is 16.0. The molecule has 5 nitrogen and oxygen atoms in total. The molecule has 0 amide bonds. The highest BCUT2D eigenvalue weighted by Gasteiger charge is 2.29. The molecule has 0 fully saturated rings. The van der Waals surface area contributed by atoms with Crippen LogP contribution in [0.4, 0.5) is 5.69 Å². The molecule has 2 N–H and O–H groups in total. The summed E-state index contributed by atoms with van der Waals surface area (Å²) in [7, 11) is -2.22. The zero-order chi connectivity index (χ0) is 20.4.